The van der Waals surface area contributed by atoms with Crippen LogP contribution < -0.4 is 5.73 Å². The van der Waals surface area contributed by atoms with Crippen molar-refractivity contribution in [2.75, 3.05) is 0 Å². The van der Waals surface area contributed by atoms with Crippen molar-refractivity contribution in [2.24, 2.45) is 17.6 Å². The highest BCUT2D eigenvalue weighted by molar-refractivity contribution is 6.31. The van der Waals surface area contributed by atoms with Gasteiger partial charge in [-0.3, -0.25) is 0 Å². The number of hydrogen-bond acceptors (Lipinski definition) is 1. The molecule has 0 aliphatic heterocycles. The Balaban J connectivity index is 1.98. The first-order valence-corrected chi connectivity index (χ1v) is 7.14. The van der Waals surface area contributed by atoms with Gasteiger partial charge < -0.3 is 5.73 Å². The summed E-state index contributed by atoms with van der Waals surface area (Å²) in [6.07, 6.45) is 5.57. The molecule has 1 saturated carbocycles. The minimum absolute atomic E-state index is 0.0943. The third-order valence-corrected chi connectivity index (χ3v) is 4.58. The van der Waals surface area contributed by atoms with E-state index in [4.69, 9.17) is 17.3 Å². The fourth-order valence-corrected chi connectivity index (χ4v) is 3.04. The van der Waals surface area contributed by atoms with Gasteiger partial charge in [-0.2, -0.15) is 0 Å². The van der Waals surface area contributed by atoms with Gasteiger partial charge in [0, 0.05) is 6.04 Å². The van der Waals surface area contributed by atoms with Crippen LogP contribution in [-0.4, -0.2) is 6.04 Å². The molecule has 1 aromatic rings. The minimum Gasteiger partial charge on any atom is -0.327 e. The first-order chi connectivity index (χ1) is 8.58. The maximum absolute atomic E-state index is 13.4. The maximum Gasteiger partial charge on any atom is 0.142 e. The molecule has 0 saturated heterocycles. The fourth-order valence-electron chi connectivity index (χ4n) is 2.84. The molecule has 0 heterocycles. The zero-order chi connectivity index (χ0) is 13.1. The molecule has 0 spiro atoms. The molecule has 1 fully saturated rings. The molecule has 3 heteroatoms. The predicted molar refractivity (Wildman–Crippen MR) is 74.2 cm³/mol. The van der Waals surface area contributed by atoms with Gasteiger partial charge in [0.15, 0.2) is 0 Å². The Morgan fingerprint density at radius 3 is 2.67 bits per heavy atom. The van der Waals surface area contributed by atoms with Crippen LogP contribution in [0.25, 0.3) is 0 Å². The van der Waals surface area contributed by atoms with Crippen molar-refractivity contribution in [3.05, 3.63) is 34.6 Å². The Labute approximate surface area is 114 Å². The van der Waals surface area contributed by atoms with Gasteiger partial charge >= 0.3 is 0 Å². The highest BCUT2D eigenvalue weighted by Gasteiger charge is 2.24. The Morgan fingerprint density at radius 1 is 1.33 bits per heavy atom. The molecular weight excluding hydrogens is 249 g/mol. The van der Waals surface area contributed by atoms with E-state index in [2.05, 4.69) is 6.92 Å². The van der Waals surface area contributed by atoms with Crippen LogP contribution >= 0.6 is 11.6 Å². The third-order valence-electron chi connectivity index (χ3n) is 4.15. The molecule has 2 N–H and O–H groups in total. The summed E-state index contributed by atoms with van der Waals surface area (Å²) in [6, 6.07) is 5.06. The van der Waals surface area contributed by atoms with Gasteiger partial charge in [0.25, 0.3) is 0 Å². The highest BCUT2D eigenvalue weighted by Crippen LogP contribution is 2.31. The van der Waals surface area contributed by atoms with E-state index in [0.717, 1.165) is 11.5 Å². The van der Waals surface area contributed by atoms with Crippen LogP contribution in [0.3, 0.4) is 0 Å². The molecule has 1 aromatic carbocycles. The zero-order valence-electron chi connectivity index (χ0n) is 10.8. The highest BCUT2D eigenvalue weighted by atomic mass is 35.5. The summed E-state index contributed by atoms with van der Waals surface area (Å²) in [7, 11) is 0. The molecule has 0 radical (unpaired) electrons. The van der Waals surface area contributed by atoms with E-state index in [-0.39, 0.29) is 16.9 Å². The number of benzene rings is 1. The second kappa shape index (κ2) is 6.03. The summed E-state index contributed by atoms with van der Waals surface area (Å²) in [5.41, 5.74) is 7.10. The number of hydrogen-bond donors (Lipinski definition) is 1. The molecule has 18 heavy (non-hydrogen) atoms. The molecule has 100 valence electrons. The van der Waals surface area contributed by atoms with Crippen LogP contribution in [0.4, 0.5) is 4.39 Å². The summed E-state index contributed by atoms with van der Waals surface area (Å²) >= 11 is 5.97. The second-order valence-electron chi connectivity index (χ2n) is 5.60. The summed E-state index contributed by atoms with van der Waals surface area (Å²) in [4.78, 5) is 0. The molecule has 1 atom stereocenters. The summed E-state index contributed by atoms with van der Waals surface area (Å²) in [6.45, 7) is 2.30. The molecule has 0 bridgehead atoms. The SMILES string of the molecule is CC1CCC(C(N)Cc2cccc(F)c2Cl)CC1. The van der Waals surface area contributed by atoms with Crippen LogP contribution in [0.2, 0.25) is 5.02 Å². The number of nitrogens with two attached hydrogens (primary N) is 1. The van der Waals surface area contributed by atoms with E-state index in [1.807, 2.05) is 6.07 Å². The molecule has 1 unspecified atom stereocenters. The Morgan fingerprint density at radius 2 is 2.00 bits per heavy atom. The summed E-state index contributed by atoms with van der Waals surface area (Å²) < 4.78 is 13.4. The molecular formula is C15H21ClFN. The van der Waals surface area contributed by atoms with Gasteiger partial charge in [-0.1, -0.05) is 43.5 Å². The normalized spacial score (nSPS) is 26.0. The largest absolute Gasteiger partial charge is 0.327 e. The summed E-state index contributed by atoms with van der Waals surface area (Å²) in [5.74, 6) is 1.03. The Bertz CT molecular complexity index is 399. The quantitative estimate of drug-likeness (QED) is 0.875. The molecule has 1 aliphatic carbocycles. The van der Waals surface area contributed by atoms with Gasteiger partial charge in [-0.25, -0.2) is 4.39 Å². The van der Waals surface area contributed by atoms with Gasteiger partial charge in [-0.05, 0) is 42.7 Å². The molecule has 0 aromatic heterocycles. The van der Waals surface area contributed by atoms with E-state index in [0.29, 0.717) is 12.3 Å². The van der Waals surface area contributed by atoms with Crippen LogP contribution in [-0.2, 0) is 6.42 Å². The van der Waals surface area contributed by atoms with E-state index in [1.54, 1.807) is 6.07 Å². The monoisotopic (exact) mass is 269 g/mol. The van der Waals surface area contributed by atoms with E-state index < -0.39 is 0 Å². The maximum atomic E-state index is 13.4. The summed E-state index contributed by atoms with van der Waals surface area (Å²) in [5, 5.41) is 0.233. The number of halogens is 2. The van der Waals surface area contributed by atoms with Crippen LogP contribution in [0.5, 0.6) is 0 Å². The standard InChI is InChI=1S/C15H21ClFN/c1-10-5-7-11(8-6-10)14(18)9-12-3-2-4-13(17)15(12)16/h2-4,10-11,14H,5-9,18H2,1H3. The predicted octanol–water partition coefficient (Wildman–Crippen LogP) is 4.18. The van der Waals surface area contributed by atoms with Crippen molar-refractivity contribution in [2.45, 2.75) is 45.1 Å². The van der Waals surface area contributed by atoms with Crippen LogP contribution in [0.15, 0.2) is 18.2 Å². The van der Waals surface area contributed by atoms with Crippen molar-refractivity contribution in [3.8, 4) is 0 Å². The van der Waals surface area contributed by atoms with Gasteiger partial charge in [0.2, 0.25) is 0 Å². The average Bonchev–Trinajstić information content (AvgIpc) is 2.36. The van der Waals surface area contributed by atoms with Crippen molar-refractivity contribution >= 4 is 11.6 Å². The molecule has 1 nitrogen and oxygen atoms in total. The van der Waals surface area contributed by atoms with E-state index in [1.165, 1.54) is 31.7 Å². The Hall–Kier alpha value is -0.600. The molecule has 1 aliphatic rings. The van der Waals surface area contributed by atoms with Crippen molar-refractivity contribution in [1.82, 2.24) is 0 Å². The zero-order valence-corrected chi connectivity index (χ0v) is 11.6. The first-order valence-electron chi connectivity index (χ1n) is 6.76. The lowest BCUT2D eigenvalue weighted by Gasteiger charge is -2.30. The average molecular weight is 270 g/mol. The van der Waals surface area contributed by atoms with Gasteiger partial charge in [0.1, 0.15) is 5.82 Å². The molecule has 0 amide bonds. The van der Waals surface area contributed by atoms with Crippen LogP contribution in [0.1, 0.15) is 38.2 Å². The van der Waals surface area contributed by atoms with E-state index in [9.17, 15) is 4.39 Å². The fraction of sp³-hybridized carbons (Fsp3) is 0.600. The molecule has 2 rings (SSSR count). The van der Waals surface area contributed by atoms with Crippen molar-refractivity contribution in [1.29, 1.82) is 0 Å². The lowest BCUT2D eigenvalue weighted by Crippen LogP contribution is -2.34. The van der Waals surface area contributed by atoms with Gasteiger partial charge in [-0.15, -0.1) is 0 Å². The van der Waals surface area contributed by atoms with E-state index >= 15 is 0 Å². The lowest BCUT2D eigenvalue weighted by atomic mass is 9.78. The number of rotatable bonds is 3. The third kappa shape index (κ3) is 3.24. The topological polar surface area (TPSA) is 26.0 Å². The Kier molecular flexibility index (Phi) is 4.63. The lowest BCUT2D eigenvalue weighted by molar-refractivity contribution is 0.253. The van der Waals surface area contributed by atoms with Crippen molar-refractivity contribution in [3.63, 3.8) is 0 Å². The van der Waals surface area contributed by atoms with Crippen LogP contribution in [0, 0.1) is 17.7 Å². The first kappa shape index (κ1) is 13.8. The smallest absolute Gasteiger partial charge is 0.142 e. The van der Waals surface area contributed by atoms with Gasteiger partial charge in [0.05, 0.1) is 5.02 Å². The minimum atomic E-state index is -0.348. The second-order valence-corrected chi connectivity index (χ2v) is 5.98. The van der Waals surface area contributed by atoms with Crippen molar-refractivity contribution < 1.29 is 4.39 Å².